The van der Waals surface area contributed by atoms with Gasteiger partial charge in [-0.15, -0.1) is 11.3 Å². The number of aromatic nitrogens is 3. The SMILES string of the molecule is CC.COCC(=O)c1c(O)[n+]2ccccc2n1Cc1cnc(Cl)s1. The Labute approximate surface area is 148 Å². The Kier molecular flexibility index (Phi) is 6.30. The minimum absolute atomic E-state index is 0.103. The molecule has 0 aromatic carbocycles. The number of methoxy groups -OCH3 is 1. The van der Waals surface area contributed by atoms with Crippen LogP contribution in [0.5, 0.6) is 5.88 Å². The second kappa shape index (κ2) is 8.23. The standard InChI is InChI=1S/C14H12ClN3O3S.C2H6/c1-21-8-10(19)12-13(20)17-5-3-2-4-11(17)18(12)7-9-6-16-14(15)22-9;1-2/h2-6H,7-8H2,1H3;1-2H3/p+1. The van der Waals surface area contributed by atoms with Crippen LogP contribution in [0.15, 0.2) is 30.6 Å². The van der Waals surface area contributed by atoms with Crippen molar-refractivity contribution in [3.63, 3.8) is 0 Å². The van der Waals surface area contributed by atoms with Crippen molar-refractivity contribution in [1.82, 2.24) is 9.55 Å². The van der Waals surface area contributed by atoms with E-state index in [1.165, 1.54) is 18.4 Å². The quantitative estimate of drug-likeness (QED) is 0.555. The van der Waals surface area contributed by atoms with Crippen LogP contribution >= 0.6 is 22.9 Å². The maximum atomic E-state index is 12.3. The number of Topliss-reactive ketones (excluding diaryl/α,β-unsaturated/α-hetero) is 1. The molecule has 0 aliphatic rings. The van der Waals surface area contributed by atoms with Gasteiger partial charge in [-0.2, -0.15) is 4.40 Å². The molecule has 6 nitrogen and oxygen atoms in total. The monoisotopic (exact) mass is 368 g/mol. The van der Waals surface area contributed by atoms with E-state index in [0.717, 1.165) is 4.88 Å². The number of aromatic hydroxyl groups is 1. The van der Waals surface area contributed by atoms with Crippen LogP contribution in [-0.2, 0) is 11.3 Å². The van der Waals surface area contributed by atoms with Crippen molar-refractivity contribution in [2.24, 2.45) is 0 Å². The van der Waals surface area contributed by atoms with Crippen molar-refractivity contribution >= 4 is 34.4 Å². The number of imidazole rings is 1. The molecular weight excluding hydrogens is 350 g/mol. The summed E-state index contributed by atoms with van der Waals surface area (Å²) in [6.45, 7) is 4.29. The lowest BCUT2D eigenvalue weighted by atomic mass is 10.3. The van der Waals surface area contributed by atoms with E-state index in [4.69, 9.17) is 16.3 Å². The number of ketones is 1. The molecule has 0 unspecified atom stereocenters. The number of ether oxygens (including phenoxy) is 1. The normalized spacial score (nSPS) is 10.5. The summed E-state index contributed by atoms with van der Waals surface area (Å²) in [5.41, 5.74) is 0.904. The summed E-state index contributed by atoms with van der Waals surface area (Å²) in [5, 5.41) is 10.4. The first-order valence-electron chi connectivity index (χ1n) is 7.46. The lowest BCUT2D eigenvalue weighted by Gasteiger charge is -2.00. The number of nitrogens with zero attached hydrogens (tertiary/aromatic N) is 3. The van der Waals surface area contributed by atoms with Gasteiger partial charge in [0.25, 0.3) is 11.3 Å². The average molecular weight is 369 g/mol. The van der Waals surface area contributed by atoms with Gasteiger partial charge in [-0.25, -0.2) is 9.55 Å². The average Bonchev–Trinajstić information content (AvgIpc) is 3.12. The molecule has 3 aromatic rings. The molecule has 0 radical (unpaired) electrons. The van der Waals surface area contributed by atoms with E-state index in [-0.39, 0.29) is 24.0 Å². The Bertz CT molecular complexity index is 844. The molecule has 3 rings (SSSR count). The lowest BCUT2D eigenvalue weighted by molar-refractivity contribution is -0.521. The highest BCUT2D eigenvalue weighted by atomic mass is 35.5. The molecule has 0 atom stereocenters. The van der Waals surface area contributed by atoms with Crippen LogP contribution in [0, 0.1) is 0 Å². The maximum absolute atomic E-state index is 12.3. The van der Waals surface area contributed by atoms with Crippen LogP contribution < -0.4 is 4.40 Å². The van der Waals surface area contributed by atoms with Gasteiger partial charge in [0.15, 0.2) is 4.47 Å². The van der Waals surface area contributed by atoms with E-state index in [0.29, 0.717) is 16.7 Å². The Balaban J connectivity index is 0.00000100. The van der Waals surface area contributed by atoms with Gasteiger partial charge in [0.1, 0.15) is 13.2 Å². The second-order valence-electron chi connectivity index (χ2n) is 4.62. The lowest BCUT2D eigenvalue weighted by Crippen LogP contribution is -2.19. The molecule has 24 heavy (non-hydrogen) atoms. The summed E-state index contributed by atoms with van der Waals surface area (Å²) in [6, 6.07) is 5.45. The van der Waals surface area contributed by atoms with Crippen LogP contribution in [0.1, 0.15) is 29.2 Å². The van der Waals surface area contributed by atoms with E-state index in [1.54, 1.807) is 27.4 Å². The molecule has 3 heterocycles. The zero-order valence-electron chi connectivity index (χ0n) is 13.7. The highest BCUT2D eigenvalue weighted by Crippen LogP contribution is 2.23. The number of fused-ring (bicyclic) bond motifs is 1. The first-order valence-corrected chi connectivity index (χ1v) is 8.65. The van der Waals surface area contributed by atoms with Gasteiger partial charge in [-0.05, 0) is 6.07 Å². The Hall–Kier alpha value is -1.96. The van der Waals surface area contributed by atoms with Crippen molar-refractivity contribution in [2.45, 2.75) is 20.4 Å². The van der Waals surface area contributed by atoms with E-state index in [1.807, 2.05) is 26.0 Å². The topological polar surface area (TPSA) is 68.5 Å². The molecule has 3 aromatic heterocycles. The molecule has 1 N–H and O–H groups in total. The van der Waals surface area contributed by atoms with Crippen LogP contribution in [-0.4, -0.2) is 34.2 Å². The van der Waals surface area contributed by atoms with Gasteiger partial charge >= 0.3 is 5.88 Å². The summed E-state index contributed by atoms with van der Waals surface area (Å²) in [5.74, 6) is -0.396. The molecule has 0 aliphatic heterocycles. The fourth-order valence-corrected chi connectivity index (χ4v) is 3.30. The molecule has 0 bridgehead atoms. The fraction of sp³-hybridized carbons (Fsp3) is 0.312. The Morgan fingerprint density at radius 1 is 1.46 bits per heavy atom. The van der Waals surface area contributed by atoms with E-state index < -0.39 is 0 Å². The summed E-state index contributed by atoms with van der Waals surface area (Å²) in [6.07, 6.45) is 3.36. The molecule has 0 saturated carbocycles. The highest BCUT2D eigenvalue weighted by Gasteiger charge is 2.30. The molecule has 8 heteroatoms. The number of hydrogen-bond acceptors (Lipinski definition) is 5. The number of thiazole rings is 1. The third-order valence-corrected chi connectivity index (χ3v) is 4.30. The number of carbonyl (C=O) groups excluding carboxylic acids is 1. The third-order valence-electron chi connectivity index (χ3n) is 3.20. The van der Waals surface area contributed by atoms with Crippen LogP contribution in [0.3, 0.4) is 0 Å². The van der Waals surface area contributed by atoms with Crippen molar-refractivity contribution < 1.29 is 19.0 Å². The van der Waals surface area contributed by atoms with E-state index in [2.05, 4.69) is 4.98 Å². The summed E-state index contributed by atoms with van der Waals surface area (Å²) in [7, 11) is 1.44. The third kappa shape index (κ3) is 3.58. The number of pyridine rings is 1. The van der Waals surface area contributed by atoms with Crippen LogP contribution in [0.4, 0.5) is 0 Å². The van der Waals surface area contributed by atoms with Gasteiger partial charge in [-0.3, -0.25) is 4.79 Å². The largest absolute Gasteiger partial charge is 0.474 e. The number of halogens is 1. The van der Waals surface area contributed by atoms with E-state index >= 15 is 0 Å². The van der Waals surface area contributed by atoms with Crippen molar-refractivity contribution in [3.05, 3.63) is 45.6 Å². The Morgan fingerprint density at radius 3 is 2.83 bits per heavy atom. The van der Waals surface area contributed by atoms with Gasteiger partial charge in [0.2, 0.25) is 5.78 Å². The molecule has 0 spiro atoms. The Morgan fingerprint density at radius 2 is 2.21 bits per heavy atom. The van der Waals surface area contributed by atoms with Gasteiger partial charge in [0, 0.05) is 19.4 Å². The molecule has 0 fully saturated rings. The molecule has 0 saturated heterocycles. The maximum Gasteiger partial charge on any atom is 0.339 e. The van der Waals surface area contributed by atoms with E-state index in [9.17, 15) is 9.90 Å². The minimum atomic E-state index is -0.292. The first kappa shape index (κ1) is 18.4. The molecule has 0 amide bonds. The summed E-state index contributed by atoms with van der Waals surface area (Å²) < 4.78 is 8.64. The first-order chi connectivity index (χ1) is 11.6. The zero-order chi connectivity index (χ0) is 17.7. The van der Waals surface area contributed by atoms with Crippen LogP contribution in [0.2, 0.25) is 4.47 Å². The predicted octanol–water partition coefficient (Wildman–Crippen LogP) is 2.95. The summed E-state index contributed by atoms with van der Waals surface area (Å²) >= 11 is 7.19. The molecule has 128 valence electrons. The van der Waals surface area contributed by atoms with Gasteiger partial charge in [-0.1, -0.05) is 31.5 Å². The number of carbonyl (C=O) groups is 1. The zero-order valence-corrected chi connectivity index (χ0v) is 15.3. The highest BCUT2D eigenvalue weighted by molar-refractivity contribution is 7.15. The van der Waals surface area contributed by atoms with Crippen LogP contribution in [0.25, 0.3) is 5.65 Å². The van der Waals surface area contributed by atoms with Gasteiger partial charge < -0.3 is 9.84 Å². The van der Waals surface area contributed by atoms with Gasteiger partial charge in [0.05, 0.1) is 11.1 Å². The predicted molar refractivity (Wildman–Crippen MR) is 93.0 cm³/mol. The van der Waals surface area contributed by atoms with Crippen molar-refractivity contribution in [2.75, 3.05) is 13.7 Å². The smallest absolute Gasteiger partial charge is 0.339 e. The molecule has 0 aliphatic carbocycles. The molecular formula is C16H19ClN3O3S+. The minimum Gasteiger partial charge on any atom is -0.474 e. The number of hydrogen-bond donors (Lipinski definition) is 1. The van der Waals surface area contributed by atoms with Crippen molar-refractivity contribution in [1.29, 1.82) is 0 Å². The fourth-order valence-electron chi connectivity index (χ4n) is 2.33. The summed E-state index contributed by atoms with van der Waals surface area (Å²) in [4.78, 5) is 17.2. The second-order valence-corrected chi connectivity index (χ2v) is 6.32. The number of rotatable bonds is 5. The van der Waals surface area contributed by atoms with Crippen molar-refractivity contribution in [3.8, 4) is 5.88 Å².